The minimum Gasteiger partial charge on any atom is -0.497 e. The number of fused-ring (bicyclic) bond motifs is 1. The molecule has 0 amide bonds. The lowest BCUT2D eigenvalue weighted by molar-refractivity contribution is 0.0697. The summed E-state index contributed by atoms with van der Waals surface area (Å²) in [5, 5.41) is 18.9. The van der Waals surface area contributed by atoms with Crippen molar-refractivity contribution in [3.63, 3.8) is 0 Å². The molecule has 0 spiro atoms. The van der Waals surface area contributed by atoms with Crippen LogP contribution in [0.3, 0.4) is 0 Å². The lowest BCUT2D eigenvalue weighted by atomic mass is 10.0. The number of hydrogen-bond acceptors (Lipinski definition) is 6. The van der Waals surface area contributed by atoms with Crippen molar-refractivity contribution in [3.05, 3.63) is 114 Å². The molecule has 0 aliphatic heterocycles. The number of ether oxygens (including phenoxy) is 2. The largest absolute Gasteiger partial charge is 0.497 e. The van der Waals surface area contributed by atoms with E-state index in [1.807, 2.05) is 24.3 Å². The molecule has 0 saturated carbocycles. The van der Waals surface area contributed by atoms with Gasteiger partial charge in [-0.05, 0) is 89.1 Å². The van der Waals surface area contributed by atoms with Crippen molar-refractivity contribution in [1.82, 2.24) is 0 Å². The van der Waals surface area contributed by atoms with Crippen LogP contribution in [-0.4, -0.2) is 32.4 Å². The molecule has 0 bridgehead atoms. The molecule has 5 aromatic carbocycles. The van der Waals surface area contributed by atoms with Crippen molar-refractivity contribution in [3.8, 4) is 28.4 Å². The zero-order valence-electron chi connectivity index (χ0n) is 21.8. The van der Waals surface area contributed by atoms with Gasteiger partial charge in [-0.25, -0.2) is 13.2 Å². The van der Waals surface area contributed by atoms with Crippen molar-refractivity contribution >= 4 is 38.3 Å². The van der Waals surface area contributed by atoms with Gasteiger partial charge >= 0.3 is 5.97 Å². The standard InChI is InChI=1S/C31H25N3O6S/c1-39-25-10-12-27(13-11-25)41(37,38)34-24-8-14-29(28(18-24)21-3-2-4-23(16-21)31(35)36)40-26-9-7-19-15-22(30(32)33)6-5-20(19)17-26/h2-18,34H,1H3,(H3,32,33)(H,35,36). The van der Waals surface area contributed by atoms with Crippen LogP contribution < -0.4 is 19.9 Å². The van der Waals surface area contributed by atoms with Crippen LogP contribution in [0.2, 0.25) is 0 Å². The number of carboxylic acid groups (broad SMARTS) is 1. The second kappa shape index (κ2) is 11.0. The molecule has 0 aliphatic carbocycles. The number of carbonyl (C=O) groups is 1. The Hall–Kier alpha value is -5.35. The third kappa shape index (κ3) is 5.97. The molecule has 5 N–H and O–H groups in total. The number of rotatable bonds is 9. The van der Waals surface area contributed by atoms with Gasteiger partial charge in [0.2, 0.25) is 0 Å². The van der Waals surface area contributed by atoms with Gasteiger partial charge < -0.3 is 20.3 Å². The first-order chi connectivity index (χ1) is 19.6. The Morgan fingerprint density at radius 2 is 1.54 bits per heavy atom. The molecule has 5 rings (SSSR count). The Bertz CT molecular complexity index is 1900. The summed E-state index contributed by atoms with van der Waals surface area (Å²) in [4.78, 5) is 11.7. The van der Waals surface area contributed by atoms with E-state index in [0.717, 1.165) is 10.8 Å². The predicted molar refractivity (Wildman–Crippen MR) is 158 cm³/mol. The zero-order valence-corrected chi connectivity index (χ0v) is 22.6. The van der Waals surface area contributed by atoms with E-state index >= 15 is 0 Å². The SMILES string of the molecule is COc1ccc(S(=O)(=O)Nc2ccc(Oc3ccc4cc(C(=N)N)ccc4c3)c(-c3cccc(C(=O)O)c3)c2)cc1. The number of nitrogen functional groups attached to an aromatic ring is 1. The van der Waals surface area contributed by atoms with E-state index in [1.165, 1.54) is 31.4 Å². The molecule has 0 aliphatic rings. The van der Waals surface area contributed by atoms with E-state index in [1.54, 1.807) is 54.6 Å². The van der Waals surface area contributed by atoms with E-state index in [0.29, 0.717) is 33.9 Å². The molecule has 0 unspecified atom stereocenters. The number of hydrogen-bond donors (Lipinski definition) is 4. The van der Waals surface area contributed by atoms with Gasteiger partial charge in [0, 0.05) is 16.8 Å². The quantitative estimate of drug-likeness (QED) is 0.124. The maximum atomic E-state index is 13.1. The molecule has 0 aromatic heterocycles. The molecule has 0 heterocycles. The lowest BCUT2D eigenvalue weighted by Crippen LogP contribution is -2.13. The summed E-state index contributed by atoms with van der Waals surface area (Å²) >= 11 is 0. The van der Waals surface area contributed by atoms with Crippen molar-refractivity contribution in [1.29, 1.82) is 5.41 Å². The number of nitrogens with two attached hydrogens (primary N) is 1. The first-order valence-electron chi connectivity index (χ1n) is 12.3. The summed E-state index contributed by atoms with van der Waals surface area (Å²) in [6.45, 7) is 0. The van der Waals surface area contributed by atoms with E-state index in [9.17, 15) is 18.3 Å². The molecular formula is C31H25N3O6S. The summed E-state index contributed by atoms with van der Waals surface area (Å²) in [6, 6.07) is 27.9. The number of methoxy groups -OCH3 is 1. The summed E-state index contributed by atoms with van der Waals surface area (Å²) in [6.07, 6.45) is 0. The van der Waals surface area contributed by atoms with Crippen LogP contribution in [0.25, 0.3) is 21.9 Å². The van der Waals surface area contributed by atoms with Crippen LogP contribution in [0.15, 0.2) is 108 Å². The van der Waals surface area contributed by atoms with Crippen LogP contribution in [0.1, 0.15) is 15.9 Å². The summed E-state index contributed by atoms with van der Waals surface area (Å²) in [5.74, 6) is 0.308. The van der Waals surface area contributed by atoms with Gasteiger partial charge in [0.15, 0.2) is 0 Å². The normalized spacial score (nSPS) is 11.1. The van der Waals surface area contributed by atoms with Gasteiger partial charge in [-0.3, -0.25) is 10.1 Å². The van der Waals surface area contributed by atoms with Gasteiger partial charge in [-0.2, -0.15) is 0 Å². The topological polar surface area (TPSA) is 152 Å². The minimum atomic E-state index is -3.93. The lowest BCUT2D eigenvalue weighted by Gasteiger charge is -2.16. The van der Waals surface area contributed by atoms with E-state index in [2.05, 4.69) is 4.72 Å². The van der Waals surface area contributed by atoms with E-state index in [4.69, 9.17) is 20.6 Å². The summed E-state index contributed by atoms with van der Waals surface area (Å²) < 4.78 is 40.1. The van der Waals surface area contributed by atoms with Crippen LogP contribution in [0.5, 0.6) is 17.2 Å². The first kappa shape index (κ1) is 27.2. The minimum absolute atomic E-state index is 0.0248. The van der Waals surface area contributed by atoms with E-state index < -0.39 is 16.0 Å². The van der Waals surface area contributed by atoms with Crippen LogP contribution in [0.4, 0.5) is 5.69 Å². The summed E-state index contributed by atoms with van der Waals surface area (Å²) in [7, 11) is -2.43. The van der Waals surface area contributed by atoms with Gasteiger partial charge in [0.25, 0.3) is 10.0 Å². The predicted octanol–water partition coefficient (Wildman–Crippen LogP) is 6.09. The third-order valence-electron chi connectivity index (χ3n) is 6.37. The Morgan fingerprint density at radius 1 is 0.829 bits per heavy atom. The molecule has 41 heavy (non-hydrogen) atoms. The number of aromatic carboxylic acids is 1. The fourth-order valence-corrected chi connectivity index (χ4v) is 5.33. The molecule has 9 nitrogen and oxygen atoms in total. The average Bonchev–Trinajstić information content (AvgIpc) is 2.97. The second-order valence-electron chi connectivity index (χ2n) is 9.12. The molecule has 0 radical (unpaired) electrons. The zero-order chi connectivity index (χ0) is 29.1. The highest BCUT2D eigenvalue weighted by atomic mass is 32.2. The van der Waals surface area contributed by atoms with Crippen LogP contribution in [0, 0.1) is 5.41 Å². The average molecular weight is 568 g/mol. The molecular weight excluding hydrogens is 542 g/mol. The fraction of sp³-hybridized carbons (Fsp3) is 0.0323. The Balaban J connectivity index is 1.53. The highest BCUT2D eigenvalue weighted by Crippen LogP contribution is 2.37. The van der Waals surface area contributed by atoms with Gasteiger partial charge in [-0.1, -0.05) is 30.3 Å². The van der Waals surface area contributed by atoms with Gasteiger partial charge in [-0.15, -0.1) is 0 Å². The van der Waals surface area contributed by atoms with Crippen LogP contribution >= 0.6 is 0 Å². The molecule has 206 valence electrons. The van der Waals surface area contributed by atoms with Crippen molar-refractivity contribution in [2.75, 3.05) is 11.8 Å². The van der Waals surface area contributed by atoms with Crippen molar-refractivity contribution < 1.29 is 27.8 Å². The maximum absolute atomic E-state index is 13.1. The van der Waals surface area contributed by atoms with Gasteiger partial charge in [0.1, 0.15) is 23.1 Å². The number of benzene rings is 5. The highest BCUT2D eigenvalue weighted by molar-refractivity contribution is 7.92. The Morgan fingerprint density at radius 3 is 2.24 bits per heavy atom. The number of carboxylic acids is 1. The van der Waals surface area contributed by atoms with Gasteiger partial charge in [0.05, 0.1) is 17.6 Å². The van der Waals surface area contributed by atoms with Crippen molar-refractivity contribution in [2.24, 2.45) is 5.73 Å². The van der Waals surface area contributed by atoms with Crippen LogP contribution in [-0.2, 0) is 10.0 Å². The van der Waals surface area contributed by atoms with E-state index in [-0.39, 0.29) is 22.0 Å². The monoisotopic (exact) mass is 567 g/mol. The second-order valence-corrected chi connectivity index (χ2v) is 10.8. The number of sulfonamides is 1. The molecule has 0 atom stereocenters. The molecule has 0 fully saturated rings. The maximum Gasteiger partial charge on any atom is 0.335 e. The smallest absolute Gasteiger partial charge is 0.335 e. The number of amidine groups is 1. The summed E-state index contributed by atoms with van der Waals surface area (Å²) in [5.41, 5.74) is 7.56. The molecule has 5 aromatic rings. The number of anilines is 1. The Kier molecular flexibility index (Phi) is 7.32. The van der Waals surface area contributed by atoms with Crippen molar-refractivity contribution in [2.45, 2.75) is 4.90 Å². The first-order valence-corrected chi connectivity index (χ1v) is 13.8. The molecule has 0 saturated heterocycles. The Labute approximate surface area is 236 Å². The highest BCUT2D eigenvalue weighted by Gasteiger charge is 2.17. The number of nitrogens with one attached hydrogen (secondary N) is 2. The fourth-order valence-electron chi connectivity index (χ4n) is 4.28. The molecule has 10 heteroatoms. The third-order valence-corrected chi connectivity index (χ3v) is 7.77.